The highest BCUT2D eigenvalue weighted by molar-refractivity contribution is 6.03. The van der Waals surface area contributed by atoms with Crippen LogP contribution in [0.25, 0.3) is 0 Å². The van der Waals surface area contributed by atoms with E-state index in [1.54, 1.807) is 0 Å². The minimum Gasteiger partial charge on any atom is -0.306 e. The zero-order valence-corrected chi connectivity index (χ0v) is 9.91. The maximum atomic E-state index is 12.8. The number of amides is 1. The van der Waals surface area contributed by atoms with Crippen molar-refractivity contribution in [3.63, 3.8) is 0 Å². The van der Waals surface area contributed by atoms with Gasteiger partial charge in [-0.25, -0.2) is 4.98 Å². The number of benzene rings is 1. The summed E-state index contributed by atoms with van der Waals surface area (Å²) in [5, 5.41) is 2.22. The van der Waals surface area contributed by atoms with E-state index in [-0.39, 0.29) is 11.4 Å². The van der Waals surface area contributed by atoms with E-state index >= 15 is 0 Å². The summed E-state index contributed by atoms with van der Waals surface area (Å²) in [6.45, 7) is 0. The number of halogens is 4. The van der Waals surface area contributed by atoms with Crippen molar-refractivity contribution in [3.05, 3.63) is 59.5 Å². The van der Waals surface area contributed by atoms with Crippen LogP contribution >= 0.6 is 0 Å². The lowest BCUT2D eigenvalue weighted by molar-refractivity contribution is -0.137. The van der Waals surface area contributed by atoms with Gasteiger partial charge in [-0.2, -0.15) is 17.6 Å². The van der Waals surface area contributed by atoms with Gasteiger partial charge in [-0.15, -0.1) is 0 Å². The molecule has 2 aromatic rings. The van der Waals surface area contributed by atoms with E-state index in [0.29, 0.717) is 6.07 Å². The highest BCUT2D eigenvalue weighted by atomic mass is 19.4. The van der Waals surface area contributed by atoms with Crippen LogP contribution < -0.4 is 5.32 Å². The first kappa shape index (κ1) is 14.0. The molecule has 0 spiro atoms. The molecule has 3 nitrogen and oxygen atoms in total. The fourth-order valence-corrected chi connectivity index (χ4v) is 1.50. The van der Waals surface area contributed by atoms with Crippen molar-refractivity contribution < 1.29 is 22.4 Å². The molecule has 1 aromatic heterocycles. The molecule has 0 saturated carbocycles. The van der Waals surface area contributed by atoms with E-state index < -0.39 is 23.6 Å². The Morgan fingerprint density at radius 2 is 1.80 bits per heavy atom. The third-order valence-corrected chi connectivity index (χ3v) is 2.41. The van der Waals surface area contributed by atoms with Crippen molar-refractivity contribution in [3.8, 4) is 0 Å². The minimum atomic E-state index is -4.53. The van der Waals surface area contributed by atoms with E-state index in [1.807, 2.05) is 0 Å². The lowest BCUT2D eigenvalue weighted by atomic mass is 10.1. The molecule has 0 aliphatic rings. The highest BCUT2D eigenvalue weighted by Crippen LogP contribution is 2.29. The summed E-state index contributed by atoms with van der Waals surface area (Å²) in [6.07, 6.45) is -4.53. The van der Waals surface area contributed by atoms with Crippen molar-refractivity contribution in [2.75, 3.05) is 5.32 Å². The molecule has 0 radical (unpaired) electrons. The summed E-state index contributed by atoms with van der Waals surface area (Å²) in [7, 11) is 0. The summed E-state index contributed by atoms with van der Waals surface area (Å²) >= 11 is 0. The van der Waals surface area contributed by atoms with Gasteiger partial charge < -0.3 is 5.32 Å². The van der Waals surface area contributed by atoms with Crippen molar-refractivity contribution in [2.24, 2.45) is 0 Å². The second-order valence-corrected chi connectivity index (χ2v) is 3.88. The van der Waals surface area contributed by atoms with Crippen molar-refractivity contribution in [2.45, 2.75) is 6.18 Å². The summed E-state index contributed by atoms with van der Waals surface area (Å²) in [4.78, 5) is 15.2. The van der Waals surface area contributed by atoms with Crippen molar-refractivity contribution in [1.29, 1.82) is 0 Å². The first-order chi connectivity index (χ1) is 9.36. The maximum Gasteiger partial charge on any atom is 0.416 e. The normalized spacial score (nSPS) is 11.2. The van der Waals surface area contributed by atoms with Gasteiger partial charge in [0.25, 0.3) is 5.91 Å². The second kappa shape index (κ2) is 5.28. The Morgan fingerprint density at radius 3 is 2.45 bits per heavy atom. The van der Waals surface area contributed by atoms with Crippen LogP contribution in [0.2, 0.25) is 0 Å². The molecule has 0 fully saturated rings. The number of hydrogen-bond acceptors (Lipinski definition) is 2. The second-order valence-electron chi connectivity index (χ2n) is 3.88. The smallest absolute Gasteiger partial charge is 0.306 e. The van der Waals surface area contributed by atoms with Gasteiger partial charge in [-0.3, -0.25) is 4.79 Å². The van der Waals surface area contributed by atoms with E-state index in [1.165, 1.54) is 18.2 Å². The number of carbonyl (C=O) groups is 1. The summed E-state index contributed by atoms with van der Waals surface area (Å²) in [5.41, 5.74) is -1.12. The van der Waals surface area contributed by atoms with Gasteiger partial charge in [0, 0.05) is 5.56 Å². The fraction of sp³-hybridized carbons (Fsp3) is 0.0769. The predicted molar refractivity (Wildman–Crippen MR) is 63.6 cm³/mol. The summed E-state index contributed by atoms with van der Waals surface area (Å²) in [6, 6.07) is 7.66. The summed E-state index contributed by atoms with van der Waals surface area (Å²) < 4.78 is 50.4. The Hall–Kier alpha value is -2.44. The van der Waals surface area contributed by atoms with Crippen LogP contribution in [0.3, 0.4) is 0 Å². The molecule has 7 heteroatoms. The van der Waals surface area contributed by atoms with Gasteiger partial charge in [0.05, 0.1) is 5.56 Å². The number of nitrogens with zero attached hydrogens (tertiary/aromatic N) is 1. The van der Waals surface area contributed by atoms with Crippen LogP contribution in [0.1, 0.15) is 15.9 Å². The zero-order valence-electron chi connectivity index (χ0n) is 9.91. The number of hydrogen-bond donors (Lipinski definition) is 1. The molecule has 0 atom stereocenters. The molecule has 0 aliphatic heterocycles. The maximum absolute atomic E-state index is 12.8. The average molecular weight is 284 g/mol. The molecule has 1 N–H and O–H groups in total. The number of aromatic nitrogens is 1. The largest absolute Gasteiger partial charge is 0.416 e. The molecular formula is C13H8F4N2O. The Labute approximate surface area is 111 Å². The molecule has 1 aromatic carbocycles. The number of alkyl halides is 3. The van der Waals surface area contributed by atoms with E-state index in [9.17, 15) is 22.4 Å². The average Bonchev–Trinajstić information content (AvgIpc) is 2.38. The van der Waals surface area contributed by atoms with Crippen LogP contribution in [0.5, 0.6) is 0 Å². The van der Waals surface area contributed by atoms with Crippen LogP contribution in [-0.4, -0.2) is 10.9 Å². The Kier molecular flexibility index (Phi) is 3.69. The monoisotopic (exact) mass is 284 g/mol. The lowest BCUT2D eigenvalue weighted by Crippen LogP contribution is -2.14. The van der Waals surface area contributed by atoms with Crippen molar-refractivity contribution >= 4 is 11.7 Å². The molecule has 0 unspecified atom stereocenters. The molecule has 1 heterocycles. The van der Waals surface area contributed by atoms with Gasteiger partial charge in [-0.05, 0) is 30.3 Å². The molecule has 0 saturated heterocycles. The lowest BCUT2D eigenvalue weighted by Gasteiger charge is -2.09. The Morgan fingerprint density at radius 1 is 1.10 bits per heavy atom. The first-order valence-corrected chi connectivity index (χ1v) is 5.47. The molecule has 2 rings (SSSR count). The molecule has 1 amide bonds. The number of anilines is 1. The van der Waals surface area contributed by atoms with Crippen LogP contribution in [0, 0.1) is 5.95 Å². The quantitative estimate of drug-likeness (QED) is 0.677. The number of rotatable bonds is 2. The van der Waals surface area contributed by atoms with Crippen LogP contribution in [-0.2, 0) is 6.18 Å². The SMILES string of the molecule is O=C(Nc1cccc(F)n1)c1cccc(C(F)(F)F)c1. The molecule has 0 bridgehead atoms. The Bertz CT molecular complexity index is 640. The minimum absolute atomic E-state index is 0.0765. The van der Waals surface area contributed by atoms with Gasteiger partial charge in [0.2, 0.25) is 5.95 Å². The molecular weight excluding hydrogens is 276 g/mol. The van der Waals surface area contributed by atoms with Gasteiger partial charge >= 0.3 is 6.18 Å². The molecule has 104 valence electrons. The Balaban J connectivity index is 2.22. The number of pyridine rings is 1. The van der Waals surface area contributed by atoms with Crippen LogP contribution in [0.15, 0.2) is 42.5 Å². The first-order valence-electron chi connectivity index (χ1n) is 5.47. The standard InChI is InChI=1S/C13H8F4N2O/c14-10-5-2-6-11(18-10)19-12(20)8-3-1-4-9(7-8)13(15,16)17/h1-7H,(H,18,19,20). The van der Waals surface area contributed by atoms with Crippen LogP contribution in [0.4, 0.5) is 23.4 Å². The topological polar surface area (TPSA) is 42.0 Å². The zero-order chi connectivity index (χ0) is 14.8. The van der Waals surface area contributed by atoms with Gasteiger partial charge in [-0.1, -0.05) is 12.1 Å². The fourth-order valence-electron chi connectivity index (χ4n) is 1.50. The molecule has 20 heavy (non-hydrogen) atoms. The third-order valence-electron chi connectivity index (χ3n) is 2.41. The number of carbonyl (C=O) groups excluding carboxylic acids is 1. The highest BCUT2D eigenvalue weighted by Gasteiger charge is 2.30. The van der Waals surface area contributed by atoms with Gasteiger partial charge in [0.15, 0.2) is 0 Å². The van der Waals surface area contributed by atoms with E-state index in [0.717, 1.165) is 18.2 Å². The predicted octanol–water partition coefficient (Wildman–Crippen LogP) is 3.49. The summed E-state index contributed by atoms with van der Waals surface area (Å²) in [5.74, 6) is -1.67. The van der Waals surface area contributed by atoms with E-state index in [2.05, 4.69) is 10.3 Å². The molecule has 0 aliphatic carbocycles. The van der Waals surface area contributed by atoms with E-state index in [4.69, 9.17) is 0 Å². The third kappa shape index (κ3) is 3.31. The van der Waals surface area contributed by atoms with Gasteiger partial charge in [0.1, 0.15) is 5.82 Å². The number of nitrogens with one attached hydrogen (secondary N) is 1. The van der Waals surface area contributed by atoms with Crippen molar-refractivity contribution in [1.82, 2.24) is 4.98 Å².